The van der Waals surface area contributed by atoms with Crippen LogP contribution >= 0.6 is 11.6 Å². The topological polar surface area (TPSA) is 63.2 Å². The quantitative estimate of drug-likeness (QED) is 0.563. The van der Waals surface area contributed by atoms with Crippen LogP contribution in [0.5, 0.6) is 5.75 Å². The summed E-state index contributed by atoms with van der Waals surface area (Å²) in [4.78, 5) is 16.7. The zero-order valence-electron chi connectivity index (χ0n) is 15.8. The number of halogens is 1. The molecular weight excluding hydrogens is 374 g/mol. The zero-order chi connectivity index (χ0) is 19.9. The molecule has 0 fully saturated rings. The second kappa shape index (κ2) is 9.24. The maximum Gasteiger partial charge on any atom is 0.274 e. The van der Waals surface area contributed by atoms with E-state index < -0.39 is 0 Å². The van der Waals surface area contributed by atoms with Gasteiger partial charge < -0.3 is 15.4 Å². The summed E-state index contributed by atoms with van der Waals surface area (Å²) in [6, 6.07) is 18.4. The van der Waals surface area contributed by atoms with Gasteiger partial charge in [-0.3, -0.25) is 9.78 Å². The number of anilines is 2. The standard InChI is InChI=1S/C22H22ClN3O2/c1-15(2)28-19-9-7-17(8-10-19)26-22(27)21-13-18(11-12-24-21)25-14-16-5-3-4-6-20(16)23/h3-13,15H,14H2,1-2H3,(H,24,25)(H,26,27). The summed E-state index contributed by atoms with van der Waals surface area (Å²) in [7, 11) is 0. The van der Waals surface area contributed by atoms with Crippen LogP contribution in [0.15, 0.2) is 66.9 Å². The van der Waals surface area contributed by atoms with E-state index in [0.717, 1.165) is 17.0 Å². The van der Waals surface area contributed by atoms with E-state index >= 15 is 0 Å². The van der Waals surface area contributed by atoms with Crippen LogP contribution in [0.25, 0.3) is 0 Å². The number of benzene rings is 2. The van der Waals surface area contributed by atoms with Gasteiger partial charge in [0.25, 0.3) is 5.91 Å². The van der Waals surface area contributed by atoms with Gasteiger partial charge in [0.2, 0.25) is 0 Å². The number of nitrogens with one attached hydrogen (secondary N) is 2. The minimum absolute atomic E-state index is 0.102. The summed E-state index contributed by atoms with van der Waals surface area (Å²) in [5, 5.41) is 6.81. The minimum atomic E-state index is -0.279. The van der Waals surface area contributed by atoms with Crippen molar-refractivity contribution < 1.29 is 9.53 Å². The molecule has 3 rings (SSSR count). The molecule has 144 valence electrons. The van der Waals surface area contributed by atoms with Gasteiger partial charge in [0.1, 0.15) is 11.4 Å². The molecule has 0 radical (unpaired) electrons. The van der Waals surface area contributed by atoms with Crippen molar-refractivity contribution in [3.8, 4) is 5.75 Å². The van der Waals surface area contributed by atoms with Gasteiger partial charge in [-0.05, 0) is 61.9 Å². The monoisotopic (exact) mass is 395 g/mol. The first kappa shape index (κ1) is 19.7. The van der Waals surface area contributed by atoms with Crippen molar-refractivity contribution in [2.45, 2.75) is 26.5 Å². The Kier molecular flexibility index (Phi) is 6.50. The molecule has 1 amide bonds. The number of hydrogen-bond acceptors (Lipinski definition) is 4. The number of amides is 1. The minimum Gasteiger partial charge on any atom is -0.491 e. The molecule has 1 heterocycles. The maximum absolute atomic E-state index is 12.5. The molecule has 0 saturated carbocycles. The number of nitrogens with zero attached hydrogens (tertiary/aromatic N) is 1. The van der Waals surface area contributed by atoms with Gasteiger partial charge in [0.15, 0.2) is 0 Å². The third kappa shape index (κ3) is 5.47. The lowest BCUT2D eigenvalue weighted by Crippen LogP contribution is -2.14. The maximum atomic E-state index is 12.5. The number of carbonyl (C=O) groups is 1. The molecule has 0 unspecified atom stereocenters. The van der Waals surface area contributed by atoms with Crippen molar-refractivity contribution in [1.82, 2.24) is 4.98 Å². The normalized spacial score (nSPS) is 10.6. The molecule has 0 aliphatic heterocycles. The van der Waals surface area contributed by atoms with E-state index in [1.54, 1.807) is 24.4 Å². The molecule has 6 heteroatoms. The number of rotatable bonds is 7. The largest absolute Gasteiger partial charge is 0.491 e. The molecule has 0 aliphatic carbocycles. The Morgan fingerprint density at radius 2 is 1.82 bits per heavy atom. The van der Waals surface area contributed by atoms with Crippen molar-refractivity contribution in [1.29, 1.82) is 0 Å². The van der Waals surface area contributed by atoms with Crippen LogP contribution in [0.2, 0.25) is 5.02 Å². The highest BCUT2D eigenvalue weighted by Crippen LogP contribution is 2.19. The molecule has 28 heavy (non-hydrogen) atoms. The van der Waals surface area contributed by atoms with Crippen molar-refractivity contribution in [3.63, 3.8) is 0 Å². The molecule has 2 N–H and O–H groups in total. The Bertz CT molecular complexity index is 943. The number of pyridine rings is 1. The molecule has 0 spiro atoms. The fraction of sp³-hybridized carbons (Fsp3) is 0.182. The van der Waals surface area contributed by atoms with E-state index in [4.69, 9.17) is 16.3 Å². The van der Waals surface area contributed by atoms with E-state index in [1.807, 2.05) is 56.3 Å². The van der Waals surface area contributed by atoms with Gasteiger partial charge in [0.05, 0.1) is 6.10 Å². The first-order chi connectivity index (χ1) is 13.5. The fourth-order valence-corrected chi connectivity index (χ4v) is 2.79. The first-order valence-corrected chi connectivity index (χ1v) is 9.40. The molecule has 5 nitrogen and oxygen atoms in total. The average Bonchev–Trinajstić information content (AvgIpc) is 2.69. The van der Waals surface area contributed by atoms with Crippen molar-refractivity contribution in [3.05, 3.63) is 83.1 Å². The van der Waals surface area contributed by atoms with Gasteiger partial charge >= 0.3 is 0 Å². The second-order valence-electron chi connectivity index (χ2n) is 6.52. The second-order valence-corrected chi connectivity index (χ2v) is 6.93. The fourth-order valence-electron chi connectivity index (χ4n) is 2.59. The Hall–Kier alpha value is -3.05. The molecule has 0 aliphatic rings. The Morgan fingerprint density at radius 1 is 1.07 bits per heavy atom. The van der Waals surface area contributed by atoms with E-state index in [-0.39, 0.29) is 12.0 Å². The highest BCUT2D eigenvalue weighted by molar-refractivity contribution is 6.31. The van der Waals surface area contributed by atoms with Crippen LogP contribution in [0, 0.1) is 0 Å². The lowest BCUT2D eigenvalue weighted by molar-refractivity contribution is 0.102. The number of ether oxygens (including phenoxy) is 1. The molecule has 1 aromatic heterocycles. The van der Waals surface area contributed by atoms with Crippen LogP contribution in [-0.4, -0.2) is 17.0 Å². The SMILES string of the molecule is CC(C)Oc1ccc(NC(=O)c2cc(NCc3ccccc3Cl)ccn2)cc1. The molecular formula is C22H22ClN3O2. The Morgan fingerprint density at radius 3 is 2.54 bits per heavy atom. The highest BCUT2D eigenvalue weighted by Gasteiger charge is 2.09. The lowest BCUT2D eigenvalue weighted by Gasteiger charge is -2.11. The van der Waals surface area contributed by atoms with Gasteiger partial charge in [-0.25, -0.2) is 0 Å². The van der Waals surface area contributed by atoms with Crippen LogP contribution in [-0.2, 0) is 6.54 Å². The predicted octanol–water partition coefficient (Wildman–Crippen LogP) is 5.39. The summed E-state index contributed by atoms with van der Waals surface area (Å²) in [5.41, 5.74) is 2.78. The molecule has 2 aromatic carbocycles. The van der Waals surface area contributed by atoms with Crippen molar-refractivity contribution in [2.24, 2.45) is 0 Å². The summed E-state index contributed by atoms with van der Waals surface area (Å²) in [5.74, 6) is 0.482. The van der Waals surface area contributed by atoms with E-state index in [0.29, 0.717) is 22.9 Å². The molecule has 0 saturated heterocycles. The number of aromatic nitrogens is 1. The first-order valence-electron chi connectivity index (χ1n) is 9.02. The summed E-state index contributed by atoms with van der Waals surface area (Å²) in [6.07, 6.45) is 1.70. The van der Waals surface area contributed by atoms with Gasteiger partial charge in [-0.2, -0.15) is 0 Å². The zero-order valence-corrected chi connectivity index (χ0v) is 16.5. The number of carbonyl (C=O) groups excluding carboxylic acids is 1. The summed E-state index contributed by atoms with van der Waals surface area (Å²) >= 11 is 6.18. The van der Waals surface area contributed by atoms with Crippen LogP contribution in [0.3, 0.4) is 0 Å². The Labute approximate surface area is 169 Å². The van der Waals surface area contributed by atoms with Crippen LogP contribution < -0.4 is 15.4 Å². The smallest absolute Gasteiger partial charge is 0.274 e. The van der Waals surface area contributed by atoms with Gasteiger partial charge in [-0.15, -0.1) is 0 Å². The van der Waals surface area contributed by atoms with Crippen LogP contribution in [0.1, 0.15) is 29.9 Å². The summed E-state index contributed by atoms with van der Waals surface area (Å²) < 4.78 is 5.60. The van der Waals surface area contributed by atoms with E-state index in [1.165, 1.54) is 0 Å². The third-order valence-corrected chi connectivity index (χ3v) is 4.29. The van der Waals surface area contributed by atoms with Gasteiger partial charge in [0, 0.05) is 29.1 Å². The number of hydrogen-bond donors (Lipinski definition) is 2. The van der Waals surface area contributed by atoms with Gasteiger partial charge in [-0.1, -0.05) is 29.8 Å². The average molecular weight is 396 g/mol. The Balaban J connectivity index is 1.62. The molecule has 3 aromatic rings. The highest BCUT2D eigenvalue weighted by atomic mass is 35.5. The predicted molar refractivity (Wildman–Crippen MR) is 113 cm³/mol. The van der Waals surface area contributed by atoms with Crippen LogP contribution in [0.4, 0.5) is 11.4 Å². The van der Waals surface area contributed by atoms with E-state index in [2.05, 4.69) is 15.6 Å². The van der Waals surface area contributed by atoms with Crippen molar-refractivity contribution in [2.75, 3.05) is 10.6 Å². The molecule has 0 atom stereocenters. The summed E-state index contributed by atoms with van der Waals surface area (Å²) in [6.45, 7) is 4.49. The van der Waals surface area contributed by atoms with E-state index in [9.17, 15) is 4.79 Å². The third-order valence-electron chi connectivity index (χ3n) is 3.92. The molecule has 0 bridgehead atoms. The lowest BCUT2D eigenvalue weighted by atomic mass is 10.2. The van der Waals surface area contributed by atoms with Crippen molar-refractivity contribution >= 4 is 28.9 Å².